The van der Waals surface area contributed by atoms with E-state index in [-0.39, 0.29) is 5.91 Å². The highest BCUT2D eigenvalue weighted by Crippen LogP contribution is 2.04. The van der Waals surface area contributed by atoms with Gasteiger partial charge in [-0.2, -0.15) is 0 Å². The van der Waals surface area contributed by atoms with Crippen molar-refractivity contribution in [3.63, 3.8) is 0 Å². The van der Waals surface area contributed by atoms with Crippen molar-refractivity contribution in [2.75, 3.05) is 13.1 Å². The molecule has 0 saturated heterocycles. The molecule has 0 unspecified atom stereocenters. The van der Waals surface area contributed by atoms with Crippen LogP contribution in [-0.2, 0) is 11.2 Å². The monoisotopic (exact) mass is 248 g/mol. The first kappa shape index (κ1) is 14.7. The first-order valence-corrected chi connectivity index (χ1v) is 6.74. The van der Waals surface area contributed by atoms with Crippen LogP contribution in [0, 0.1) is 6.92 Å². The smallest absolute Gasteiger partial charge is 0.224 e. The van der Waals surface area contributed by atoms with Gasteiger partial charge in [0.1, 0.15) is 0 Å². The lowest BCUT2D eigenvalue weighted by Crippen LogP contribution is -2.26. The quantitative estimate of drug-likeness (QED) is 0.693. The summed E-state index contributed by atoms with van der Waals surface area (Å²) >= 11 is 0. The zero-order valence-electron chi connectivity index (χ0n) is 11.2. The number of hydrogen-bond donors (Lipinski definition) is 2. The molecule has 1 aromatic carbocycles. The van der Waals surface area contributed by atoms with Crippen LogP contribution in [0.1, 0.15) is 36.8 Å². The lowest BCUT2D eigenvalue weighted by atomic mass is 10.1. The molecule has 0 aliphatic carbocycles. The second kappa shape index (κ2) is 8.70. The van der Waals surface area contributed by atoms with Crippen molar-refractivity contribution in [2.45, 2.75) is 39.0 Å². The Morgan fingerprint density at radius 3 is 2.44 bits per heavy atom. The highest BCUT2D eigenvalue weighted by Gasteiger charge is 2.02. The Kier molecular flexibility index (Phi) is 7.11. The molecule has 0 atom stereocenters. The molecule has 3 nitrogen and oxygen atoms in total. The molecule has 1 rings (SSSR count). The van der Waals surface area contributed by atoms with Gasteiger partial charge in [-0.25, -0.2) is 0 Å². The summed E-state index contributed by atoms with van der Waals surface area (Å²) in [6.45, 7) is 3.58. The van der Waals surface area contributed by atoms with Crippen LogP contribution in [0.3, 0.4) is 0 Å². The number of nitrogens with one attached hydrogen (secondary N) is 1. The Morgan fingerprint density at radius 2 is 1.78 bits per heavy atom. The Labute approximate surface area is 110 Å². The molecular formula is C15H24N2O. The molecule has 3 N–H and O–H groups in total. The molecule has 0 fully saturated rings. The molecule has 1 amide bonds. The van der Waals surface area contributed by atoms with E-state index in [1.807, 2.05) is 31.2 Å². The molecule has 0 bridgehead atoms. The minimum absolute atomic E-state index is 0.109. The summed E-state index contributed by atoms with van der Waals surface area (Å²) in [5.41, 5.74) is 7.71. The summed E-state index contributed by atoms with van der Waals surface area (Å²) < 4.78 is 0. The predicted molar refractivity (Wildman–Crippen MR) is 75.4 cm³/mol. The minimum Gasteiger partial charge on any atom is -0.356 e. The van der Waals surface area contributed by atoms with E-state index in [4.69, 9.17) is 5.73 Å². The molecule has 1 aromatic rings. The number of aryl methyl sites for hydroxylation is 1. The largest absolute Gasteiger partial charge is 0.356 e. The second-order valence-corrected chi connectivity index (χ2v) is 4.72. The highest BCUT2D eigenvalue weighted by molar-refractivity contribution is 5.78. The minimum atomic E-state index is 0.109. The topological polar surface area (TPSA) is 55.1 Å². The van der Waals surface area contributed by atoms with Crippen molar-refractivity contribution in [1.29, 1.82) is 0 Å². The number of nitrogens with two attached hydrogens (primary N) is 1. The van der Waals surface area contributed by atoms with Crippen LogP contribution < -0.4 is 11.1 Å². The molecule has 0 aliphatic heterocycles. The number of unbranched alkanes of at least 4 members (excludes halogenated alkanes) is 3. The molecule has 0 aromatic heterocycles. The third-order valence-electron chi connectivity index (χ3n) is 2.94. The van der Waals surface area contributed by atoms with Crippen LogP contribution in [0.5, 0.6) is 0 Å². The van der Waals surface area contributed by atoms with Gasteiger partial charge in [0.2, 0.25) is 5.91 Å². The third kappa shape index (κ3) is 6.40. The Morgan fingerprint density at radius 1 is 1.11 bits per heavy atom. The van der Waals surface area contributed by atoms with E-state index in [0.717, 1.165) is 44.3 Å². The summed E-state index contributed by atoms with van der Waals surface area (Å²) in [7, 11) is 0. The Bertz CT molecular complexity index is 346. The van der Waals surface area contributed by atoms with Crippen molar-refractivity contribution in [3.8, 4) is 0 Å². The molecule has 0 saturated carbocycles. The van der Waals surface area contributed by atoms with Gasteiger partial charge < -0.3 is 11.1 Å². The fraction of sp³-hybridized carbons (Fsp3) is 0.533. The third-order valence-corrected chi connectivity index (χ3v) is 2.94. The van der Waals surface area contributed by atoms with Gasteiger partial charge in [0.15, 0.2) is 0 Å². The van der Waals surface area contributed by atoms with E-state index in [1.165, 1.54) is 5.56 Å². The van der Waals surface area contributed by atoms with Crippen molar-refractivity contribution in [2.24, 2.45) is 5.73 Å². The lowest BCUT2D eigenvalue weighted by molar-refractivity contribution is -0.120. The SMILES string of the molecule is Cc1ccc(CC(=O)NCCCCCCN)cc1. The van der Waals surface area contributed by atoms with Gasteiger partial charge in [-0.3, -0.25) is 4.79 Å². The number of rotatable bonds is 8. The number of carbonyl (C=O) groups is 1. The summed E-state index contributed by atoms with van der Waals surface area (Å²) in [6, 6.07) is 8.09. The predicted octanol–water partition coefficient (Wildman–Crippen LogP) is 2.17. The number of hydrogen-bond acceptors (Lipinski definition) is 2. The second-order valence-electron chi connectivity index (χ2n) is 4.72. The summed E-state index contributed by atoms with van der Waals surface area (Å²) in [5, 5.41) is 2.95. The zero-order valence-corrected chi connectivity index (χ0v) is 11.2. The average molecular weight is 248 g/mol. The molecular weight excluding hydrogens is 224 g/mol. The van der Waals surface area contributed by atoms with Gasteiger partial charge >= 0.3 is 0 Å². The molecule has 3 heteroatoms. The average Bonchev–Trinajstić information content (AvgIpc) is 2.36. The van der Waals surface area contributed by atoms with Gasteiger partial charge in [0, 0.05) is 6.54 Å². The fourth-order valence-corrected chi connectivity index (χ4v) is 1.80. The van der Waals surface area contributed by atoms with Crippen LogP contribution >= 0.6 is 0 Å². The van der Waals surface area contributed by atoms with Crippen molar-refractivity contribution in [3.05, 3.63) is 35.4 Å². The van der Waals surface area contributed by atoms with Crippen LogP contribution in [-0.4, -0.2) is 19.0 Å². The van der Waals surface area contributed by atoms with Crippen molar-refractivity contribution in [1.82, 2.24) is 5.32 Å². The van der Waals surface area contributed by atoms with Crippen LogP contribution in [0.2, 0.25) is 0 Å². The lowest BCUT2D eigenvalue weighted by Gasteiger charge is -2.05. The molecule has 18 heavy (non-hydrogen) atoms. The van der Waals surface area contributed by atoms with Crippen molar-refractivity contribution >= 4 is 5.91 Å². The van der Waals surface area contributed by atoms with Gasteiger partial charge in [-0.05, 0) is 31.9 Å². The van der Waals surface area contributed by atoms with Crippen LogP contribution in [0.15, 0.2) is 24.3 Å². The van der Waals surface area contributed by atoms with Gasteiger partial charge in [0.05, 0.1) is 6.42 Å². The van der Waals surface area contributed by atoms with Crippen LogP contribution in [0.4, 0.5) is 0 Å². The van der Waals surface area contributed by atoms with Crippen LogP contribution in [0.25, 0.3) is 0 Å². The number of carbonyl (C=O) groups excluding carboxylic acids is 1. The van der Waals surface area contributed by atoms with Crippen molar-refractivity contribution < 1.29 is 4.79 Å². The van der Waals surface area contributed by atoms with E-state index in [9.17, 15) is 4.79 Å². The molecule has 0 heterocycles. The molecule has 0 spiro atoms. The first-order valence-electron chi connectivity index (χ1n) is 6.74. The number of benzene rings is 1. The fourth-order valence-electron chi connectivity index (χ4n) is 1.80. The van der Waals surface area contributed by atoms with E-state index in [2.05, 4.69) is 5.32 Å². The maximum atomic E-state index is 11.7. The summed E-state index contributed by atoms with van der Waals surface area (Å²) in [5.74, 6) is 0.109. The van der Waals surface area contributed by atoms with E-state index < -0.39 is 0 Å². The highest BCUT2D eigenvalue weighted by atomic mass is 16.1. The number of amides is 1. The summed E-state index contributed by atoms with van der Waals surface area (Å²) in [4.78, 5) is 11.7. The van der Waals surface area contributed by atoms with Gasteiger partial charge in [0.25, 0.3) is 0 Å². The Balaban J connectivity index is 2.12. The molecule has 0 radical (unpaired) electrons. The van der Waals surface area contributed by atoms with E-state index in [0.29, 0.717) is 6.42 Å². The maximum absolute atomic E-state index is 11.7. The molecule has 100 valence electrons. The van der Waals surface area contributed by atoms with E-state index in [1.54, 1.807) is 0 Å². The first-order chi connectivity index (χ1) is 8.72. The Hall–Kier alpha value is -1.35. The van der Waals surface area contributed by atoms with E-state index >= 15 is 0 Å². The standard InChI is InChI=1S/C15H24N2O/c1-13-6-8-14(9-7-13)12-15(18)17-11-5-3-2-4-10-16/h6-9H,2-5,10-12,16H2,1H3,(H,17,18). The molecule has 0 aliphatic rings. The summed E-state index contributed by atoms with van der Waals surface area (Å²) in [6.07, 6.45) is 4.90. The zero-order chi connectivity index (χ0) is 13.2. The maximum Gasteiger partial charge on any atom is 0.224 e. The van der Waals surface area contributed by atoms with Gasteiger partial charge in [-0.1, -0.05) is 42.7 Å². The normalized spacial score (nSPS) is 10.3. The van der Waals surface area contributed by atoms with Gasteiger partial charge in [-0.15, -0.1) is 0 Å².